The van der Waals surface area contributed by atoms with Gasteiger partial charge in [0, 0.05) is 10.9 Å². The van der Waals surface area contributed by atoms with E-state index in [2.05, 4.69) is 0 Å². The monoisotopic (exact) mass is 280 g/mol. The Bertz CT molecular complexity index is 795. The van der Waals surface area contributed by atoms with Crippen LogP contribution in [0.5, 0.6) is 5.75 Å². The number of carbonyl (C=O) groups is 1. The zero-order chi connectivity index (χ0) is 15.0. The summed E-state index contributed by atoms with van der Waals surface area (Å²) in [6.45, 7) is 3.82. The summed E-state index contributed by atoms with van der Waals surface area (Å²) in [5.74, 6) is 1.05. The lowest BCUT2D eigenvalue weighted by atomic mass is 9.99. The van der Waals surface area contributed by atoms with Crippen LogP contribution in [0.2, 0.25) is 0 Å². The van der Waals surface area contributed by atoms with Crippen LogP contribution in [0.25, 0.3) is 11.0 Å². The van der Waals surface area contributed by atoms with E-state index in [1.165, 1.54) is 0 Å². The van der Waals surface area contributed by atoms with E-state index in [-0.39, 0.29) is 5.78 Å². The molecule has 3 nitrogen and oxygen atoms in total. The zero-order valence-electron chi connectivity index (χ0n) is 12.3. The molecule has 3 heteroatoms. The highest BCUT2D eigenvalue weighted by Crippen LogP contribution is 2.26. The Hall–Kier alpha value is -2.55. The first-order valence-electron chi connectivity index (χ1n) is 6.78. The quantitative estimate of drug-likeness (QED) is 0.672. The lowest BCUT2D eigenvalue weighted by molar-refractivity contribution is 0.101. The summed E-state index contributed by atoms with van der Waals surface area (Å²) < 4.78 is 10.9. The maximum Gasteiger partial charge on any atom is 0.228 e. The van der Waals surface area contributed by atoms with Crippen molar-refractivity contribution >= 4 is 16.8 Å². The first-order chi connectivity index (χ1) is 10.1. The second kappa shape index (κ2) is 5.09. The molecule has 1 aromatic heterocycles. The standard InChI is InChI=1S/C18H16O3/c1-11-9-16(20-3)12(2)8-14(11)18(19)17-10-13-6-4-5-7-15(13)21-17/h4-10H,1-3H3. The zero-order valence-corrected chi connectivity index (χ0v) is 12.3. The molecular weight excluding hydrogens is 264 g/mol. The molecule has 0 spiro atoms. The van der Waals surface area contributed by atoms with E-state index in [0.29, 0.717) is 11.3 Å². The van der Waals surface area contributed by atoms with Crippen molar-refractivity contribution in [1.29, 1.82) is 0 Å². The molecule has 21 heavy (non-hydrogen) atoms. The minimum Gasteiger partial charge on any atom is -0.496 e. The van der Waals surface area contributed by atoms with Gasteiger partial charge in [0.15, 0.2) is 5.76 Å². The van der Waals surface area contributed by atoms with Crippen molar-refractivity contribution in [2.75, 3.05) is 7.11 Å². The largest absolute Gasteiger partial charge is 0.496 e. The maximum absolute atomic E-state index is 12.7. The predicted octanol–water partition coefficient (Wildman–Crippen LogP) is 4.29. The molecule has 0 aliphatic carbocycles. The third-order valence-electron chi connectivity index (χ3n) is 3.64. The molecule has 0 amide bonds. The van der Waals surface area contributed by atoms with Crippen molar-refractivity contribution in [3.63, 3.8) is 0 Å². The minimum atomic E-state index is -0.102. The van der Waals surface area contributed by atoms with Gasteiger partial charge in [0.05, 0.1) is 7.11 Å². The number of fused-ring (bicyclic) bond motifs is 1. The van der Waals surface area contributed by atoms with Crippen molar-refractivity contribution in [2.45, 2.75) is 13.8 Å². The fourth-order valence-corrected chi connectivity index (χ4v) is 2.48. The van der Waals surface area contributed by atoms with E-state index >= 15 is 0 Å². The number of ketones is 1. The molecule has 0 saturated heterocycles. The number of ether oxygens (including phenoxy) is 1. The molecule has 0 bridgehead atoms. The van der Waals surface area contributed by atoms with E-state index in [4.69, 9.17) is 9.15 Å². The van der Waals surface area contributed by atoms with E-state index in [0.717, 1.165) is 27.8 Å². The Kier molecular flexibility index (Phi) is 3.26. The normalized spacial score (nSPS) is 10.8. The number of rotatable bonds is 3. The predicted molar refractivity (Wildman–Crippen MR) is 82.1 cm³/mol. The van der Waals surface area contributed by atoms with E-state index in [9.17, 15) is 4.79 Å². The summed E-state index contributed by atoms with van der Waals surface area (Å²) in [5.41, 5.74) is 3.18. The van der Waals surface area contributed by atoms with Gasteiger partial charge in [-0.1, -0.05) is 18.2 Å². The van der Waals surface area contributed by atoms with Crippen LogP contribution in [0, 0.1) is 13.8 Å². The minimum absolute atomic E-state index is 0.102. The van der Waals surface area contributed by atoms with Gasteiger partial charge in [0.2, 0.25) is 5.78 Å². The summed E-state index contributed by atoms with van der Waals surface area (Å²) >= 11 is 0. The molecule has 0 saturated carbocycles. The van der Waals surface area contributed by atoms with Gasteiger partial charge in [-0.2, -0.15) is 0 Å². The van der Waals surface area contributed by atoms with E-state index < -0.39 is 0 Å². The number of furan rings is 1. The van der Waals surface area contributed by atoms with Gasteiger partial charge in [-0.25, -0.2) is 0 Å². The van der Waals surface area contributed by atoms with Crippen LogP contribution in [0.3, 0.4) is 0 Å². The molecule has 2 aromatic carbocycles. The Morgan fingerprint density at radius 1 is 1.05 bits per heavy atom. The molecule has 106 valence electrons. The SMILES string of the molecule is COc1cc(C)c(C(=O)c2cc3ccccc3o2)cc1C. The summed E-state index contributed by atoms with van der Waals surface area (Å²) in [6.07, 6.45) is 0. The van der Waals surface area contributed by atoms with E-state index in [1.54, 1.807) is 13.2 Å². The highest BCUT2D eigenvalue weighted by molar-refractivity contribution is 6.10. The number of aryl methyl sites for hydroxylation is 2. The average Bonchev–Trinajstić information content (AvgIpc) is 2.92. The Morgan fingerprint density at radius 2 is 1.81 bits per heavy atom. The second-order valence-electron chi connectivity index (χ2n) is 5.11. The van der Waals surface area contributed by atoms with Crippen LogP contribution < -0.4 is 4.74 Å². The van der Waals surface area contributed by atoms with Crippen molar-refractivity contribution in [3.8, 4) is 5.75 Å². The van der Waals surface area contributed by atoms with Crippen LogP contribution in [-0.4, -0.2) is 12.9 Å². The number of hydrogen-bond donors (Lipinski definition) is 0. The van der Waals surface area contributed by atoms with Gasteiger partial charge in [-0.15, -0.1) is 0 Å². The third-order valence-corrected chi connectivity index (χ3v) is 3.64. The molecule has 3 rings (SSSR count). The van der Waals surface area contributed by atoms with Crippen molar-refractivity contribution in [1.82, 2.24) is 0 Å². The summed E-state index contributed by atoms with van der Waals surface area (Å²) in [6, 6.07) is 13.1. The maximum atomic E-state index is 12.7. The molecule has 0 fully saturated rings. The van der Waals surface area contributed by atoms with Gasteiger partial charge in [0.25, 0.3) is 0 Å². The highest BCUT2D eigenvalue weighted by atomic mass is 16.5. The molecule has 0 unspecified atom stereocenters. The Balaban J connectivity index is 2.07. The number of methoxy groups -OCH3 is 1. The van der Waals surface area contributed by atoms with Crippen molar-refractivity contribution in [3.05, 3.63) is 64.9 Å². The Morgan fingerprint density at radius 3 is 2.52 bits per heavy atom. The summed E-state index contributed by atoms with van der Waals surface area (Å²) in [7, 11) is 1.63. The number of para-hydroxylation sites is 1. The molecule has 0 radical (unpaired) electrons. The van der Waals surface area contributed by atoms with Crippen LogP contribution in [0.4, 0.5) is 0 Å². The fraction of sp³-hybridized carbons (Fsp3) is 0.167. The molecule has 1 heterocycles. The highest BCUT2D eigenvalue weighted by Gasteiger charge is 2.18. The second-order valence-corrected chi connectivity index (χ2v) is 5.11. The van der Waals surface area contributed by atoms with Gasteiger partial charge in [-0.05, 0) is 49.2 Å². The van der Waals surface area contributed by atoms with Crippen LogP contribution in [0.15, 0.2) is 46.9 Å². The number of hydrogen-bond acceptors (Lipinski definition) is 3. The fourth-order valence-electron chi connectivity index (χ4n) is 2.48. The van der Waals surface area contributed by atoms with Crippen LogP contribution >= 0.6 is 0 Å². The average molecular weight is 280 g/mol. The summed E-state index contributed by atoms with van der Waals surface area (Å²) in [5, 5.41) is 0.934. The molecule has 0 atom stereocenters. The molecular formula is C18H16O3. The van der Waals surface area contributed by atoms with Crippen LogP contribution in [-0.2, 0) is 0 Å². The van der Waals surface area contributed by atoms with Gasteiger partial charge >= 0.3 is 0 Å². The first kappa shape index (κ1) is 13.4. The summed E-state index contributed by atoms with van der Waals surface area (Å²) in [4.78, 5) is 12.7. The van der Waals surface area contributed by atoms with Gasteiger partial charge in [-0.3, -0.25) is 4.79 Å². The van der Waals surface area contributed by atoms with Gasteiger partial charge < -0.3 is 9.15 Å². The Labute approximate surface area is 123 Å². The first-order valence-corrected chi connectivity index (χ1v) is 6.78. The lowest BCUT2D eigenvalue weighted by Gasteiger charge is -2.09. The van der Waals surface area contributed by atoms with Crippen molar-refractivity contribution < 1.29 is 13.9 Å². The number of carbonyl (C=O) groups excluding carboxylic acids is 1. The number of benzene rings is 2. The lowest BCUT2D eigenvalue weighted by Crippen LogP contribution is -2.04. The van der Waals surface area contributed by atoms with Gasteiger partial charge in [0.1, 0.15) is 11.3 Å². The third kappa shape index (κ3) is 2.31. The smallest absolute Gasteiger partial charge is 0.228 e. The molecule has 0 aliphatic heterocycles. The topological polar surface area (TPSA) is 39.4 Å². The molecule has 0 aliphatic rings. The van der Waals surface area contributed by atoms with Crippen molar-refractivity contribution in [2.24, 2.45) is 0 Å². The molecule has 0 N–H and O–H groups in total. The van der Waals surface area contributed by atoms with E-state index in [1.807, 2.05) is 50.2 Å². The molecule has 3 aromatic rings. The van der Waals surface area contributed by atoms with Crippen LogP contribution in [0.1, 0.15) is 27.2 Å².